The van der Waals surface area contributed by atoms with Gasteiger partial charge in [0, 0.05) is 6.42 Å². The van der Waals surface area contributed by atoms with Crippen LogP contribution in [0.25, 0.3) is 0 Å². The Bertz CT molecular complexity index is 352. The van der Waals surface area contributed by atoms with Crippen molar-refractivity contribution in [3.63, 3.8) is 0 Å². The van der Waals surface area contributed by atoms with Crippen molar-refractivity contribution in [3.8, 4) is 0 Å². The Morgan fingerprint density at radius 1 is 1.67 bits per heavy atom. The third kappa shape index (κ3) is 1.48. The number of carbonyl (C=O) groups is 1. The van der Waals surface area contributed by atoms with E-state index in [2.05, 4.69) is 20.4 Å². The second-order valence-corrected chi connectivity index (χ2v) is 5.51. The number of hydrogen-bond acceptors (Lipinski definition) is 2. The lowest BCUT2D eigenvalue weighted by Gasteiger charge is -2.25. The van der Waals surface area contributed by atoms with Crippen LogP contribution in [0, 0.1) is 11.3 Å². The van der Waals surface area contributed by atoms with E-state index < -0.39 is 5.60 Å². The molecule has 2 rings (SSSR count). The maximum Gasteiger partial charge on any atom is 0.156 e. The third-order valence-electron chi connectivity index (χ3n) is 3.81. The fourth-order valence-corrected chi connectivity index (χ4v) is 3.21. The Labute approximate surface area is 90.7 Å². The van der Waals surface area contributed by atoms with Crippen LogP contribution in [0.15, 0.2) is 24.3 Å². The average molecular weight is 206 g/mol. The largest absolute Gasteiger partial charge is 0.385 e. The highest BCUT2D eigenvalue weighted by Gasteiger charge is 2.54. The molecular weight excluding hydrogens is 188 g/mol. The molecule has 2 aliphatic carbocycles. The van der Waals surface area contributed by atoms with Gasteiger partial charge in [-0.2, -0.15) is 0 Å². The molecule has 2 heteroatoms. The number of allylic oxidation sites excluding steroid dienone is 1. The molecule has 0 saturated heterocycles. The summed E-state index contributed by atoms with van der Waals surface area (Å²) in [5.74, 6) is 0.389. The number of aliphatic hydroxyl groups is 1. The molecule has 0 heterocycles. The molecule has 1 saturated carbocycles. The van der Waals surface area contributed by atoms with Crippen LogP contribution in [0.5, 0.6) is 0 Å². The molecule has 1 fully saturated rings. The van der Waals surface area contributed by atoms with Gasteiger partial charge in [-0.15, -0.1) is 6.58 Å². The van der Waals surface area contributed by atoms with Crippen molar-refractivity contribution >= 4 is 5.78 Å². The summed E-state index contributed by atoms with van der Waals surface area (Å²) in [6, 6.07) is 0. The monoisotopic (exact) mass is 206 g/mol. The van der Waals surface area contributed by atoms with Gasteiger partial charge in [0.05, 0.1) is 5.60 Å². The van der Waals surface area contributed by atoms with Crippen LogP contribution in [-0.4, -0.2) is 16.5 Å². The molecule has 2 atom stereocenters. The highest BCUT2D eigenvalue weighted by Crippen LogP contribution is 2.56. The van der Waals surface area contributed by atoms with Crippen LogP contribution >= 0.6 is 0 Å². The van der Waals surface area contributed by atoms with Gasteiger partial charge in [0.15, 0.2) is 5.78 Å². The Morgan fingerprint density at radius 3 is 2.93 bits per heavy atom. The van der Waals surface area contributed by atoms with Gasteiger partial charge in [-0.1, -0.05) is 19.9 Å². The molecule has 0 radical (unpaired) electrons. The lowest BCUT2D eigenvalue weighted by molar-refractivity contribution is -0.115. The molecule has 0 bridgehead atoms. The second kappa shape index (κ2) is 3.05. The summed E-state index contributed by atoms with van der Waals surface area (Å²) in [5.41, 5.74) is 0.148. The quantitative estimate of drug-likeness (QED) is 0.703. The molecule has 2 aliphatic rings. The van der Waals surface area contributed by atoms with Crippen LogP contribution in [0.3, 0.4) is 0 Å². The predicted molar refractivity (Wildman–Crippen MR) is 59.4 cm³/mol. The van der Waals surface area contributed by atoms with E-state index in [-0.39, 0.29) is 17.1 Å². The van der Waals surface area contributed by atoms with Gasteiger partial charge in [0.2, 0.25) is 0 Å². The Balaban J connectivity index is 2.41. The average Bonchev–Trinajstić information content (AvgIpc) is 2.53. The van der Waals surface area contributed by atoms with Crippen molar-refractivity contribution < 1.29 is 9.90 Å². The molecule has 0 aromatic carbocycles. The molecule has 0 aromatic heterocycles. The molecule has 0 aliphatic heterocycles. The number of fused-ring (bicyclic) bond motifs is 1. The van der Waals surface area contributed by atoms with Crippen molar-refractivity contribution in [3.05, 3.63) is 24.3 Å². The number of rotatable bonds is 2. The SMILES string of the molecule is C=CC[C@@]1(O)CC(C)(C)[C@@H]2CC(=O)C=C21. The first kappa shape index (κ1) is 10.6. The van der Waals surface area contributed by atoms with Gasteiger partial charge in [-0.05, 0) is 35.8 Å². The van der Waals surface area contributed by atoms with Gasteiger partial charge in [0.25, 0.3) is 0 Å². The summed E-state index contributed by atoms with van der Waals surface area (Å²) in [5, 5.41) is 10.5. The number of ketones is 1. The van der Waals surface area contributed by atoms with E-state index in [1.165, 1.54) is 0 Å². The normalized spacial score (nSPS) is 37.7. The minimum Gasteiger partial charge on any atom is -0.385 e. The molecule has 0 unspecified atom stereocenters. The maximum atomic E-state index is 11.4. The van der Waals surface area contributed by atoms with Crippen molar-refractivity contribution in [1.29, 1.82) is 0 Å². The maximum absolute atomic E-state index is 11.4. The number of carbonyl (C=O) groups excluding carboxylic acids is 1. The summed E-state index contributed by atoms with van der Waals surface area (Å²) in [6.07, 6.45) is 5.24. The van der Waals surface area contributed by atoms with Crippen LogP contribution < -0.4 is 0 Å². The van der Waals surface area contributed by atoms with Crippen molar-refractivity contribution in [2.75, 3.05) is 0 Å². The first-order valence-electron chi connectivity index (χ1n) is 5.47. The van der Waals surface area contributed by atoms with Crippen LogP contribution in [-0.2, 0) is 4.79 Å². The van der Waals surface area contributed by atoms with E-state index in [0.29, 0.717) is 12.8 Å². The van der Waals surface area contributed by atoms with E-state index in [9.17, 15) is 9.90 Å². The Hall–Kier alpha value is -0.890. The fourth-order valence-electron chi connectivity index (χ4n) is 3.21. The zero-order valence-electron chi connectivity index (χ0n) is 9.42. The van der Waals surface area contributed by atoms with Gasteiger partial charge in [-0.25, -0.2) is 0 Å². The summed E-state index contributed by atoms with van der Waals surface area (Å²) >= 11 is 0. The summed E-state index contributed by atoms with van der Waals surface area (Å²) in [7, 11) is 0. The third-order valence-corrected chi connectivity index (χ3v) is 3.81. The molecule has 1 N–H and O–H groups in total. The lowest BCUT2D eigenvalue weighted by Crippen LogP contribution is -2.27. The predicted octanol–water partition coefficient (Wildman–Crippen LogP) is 2.24. The van der Waals surface area contributed by atoms with Gasteiger partial charge in [0.1, 0.15) is 0 Å². The molecule has 0 amide bonds. The van der Waals surface area contributed by atoms with Gasteiger partial charge >= 0.3 is 0 Å². The van der Waals surface area contributed by atoms with E-state index in [4.69, 9.17) is 0 Å². The van der Waals surface area contributed by atoms with E-state index in [1.54, 1.807) is 12.2 Å². The van der Waals surface area contributed by atoms with E-state index >= 15 is 0 Å². The lowest BCUT2D eigenvalue weighted by atomic mass is 9.80. The minimum atomic E-state index is -0.817. The summed E-state index contributed by atoms with van der Waals surface area (Å²) in [4.78, 5) is 11.4. The molecule has 82 valence electrons. The minimum absolute atomic E-state index is 0.0236. The molecule has 0 spiro atoms. The smallest absolute Gasteiger partial charge is 0.156 e. The molecule has 2 nitrogen and oxygen atoms in total. The van der Waals surface area contributed by atoms with E-state index in [1.807, 2.05) is 0 Å². The highest BCUT2D eigenvalue weighted by molar-refractivity contribution is 5.94. The van der Waals surface area contributed by atoms with Crippen molar-refractivity contribution in [2.24, 2.45) is 11.3 Å². The molecular formula is C13H18O2. The standard InChI is InChI=1S/C13H18O2/c1-4-5-13(15)8-12(2,3)10-6-9(14)7-11(10)13/h4,7,10,15H,1,5-6,8H2,2-3H3/t10-,13-/m1/s1. The summed E-state index contributed by atoms with van der Waals surface area (Å²) < 4.78 is 0. The Morgan fingerprint density at radius 2 is 2.33 bits per heavy atom. The van der Waals surface area contributed by atoms with Gasteiger partial charge in [-0.3, -0.25) is 4.79 Å². The number of hydrogen-bond donors (Lipinski definition) is 1. The summed E-state index contributed by atoms with van der Waals surface area (Å²) in [6.45, 7) is 7.94. The zero-order valence-corrected chi connectivity index (χ0v) is 9.42. The molecule has 0 aromatic rings. The second-order valence-electron chi connectivity index (χ2n) is 5.51. The van der Waals surface area contributed by atoms with Crippen LogP contribution in [0.1, 0.15) is 33.1 Å². The van der Waals surface area contributed by atoms with Crippen molar-refractivity contribution in [2.45, 2.75) is 38.7 Å². The van der Waals surface area contributed by atoms with Gasteiger partial charge < -0.3 is 5.11 Å². The first-order chi connectivity index (χ1) is 6.89. The van der Waals surface area contributed by atoms with E-state index in [0.717, 1.165) is 12.0 Å². The Kier molecular flexibility index (Phi) is 2.16. The first-order valence-corrected chi connectivity index (χ1v) is 5.47. The molecule has 15 heavy (non-hydrogen) atoms. The topological polar surface area (TPSA) is 37.3 Å². The fraction of sp³-hybridized carbons (Fsp3) is 0.615. The highest BCUT2D eigenvalue weighted by atomic mass is 16.3. The van der Waals surface area contributed by atoms with Crippen LogP contribution in [0.4, 0.5) is 0 Å². The zero-order chi connectivity index (χ0) is 11.3. The van der Waals surface area contributed by atoms with Crippen molar-refractivity contribution in [1.82, 2.24) is 0 Å². The van der Waals surface area contributed by atoms with Crippen LogP contribution in [0.2, 0.25) is 0 Å².